The van der Waals surface area contributed by atoms with Crippen LogP contribution in [0.3, 0.4) is 0 Å². The smallest absolute Gasteiger partial charge is 0.0159 e. The van der Waals surface area contributed by atoms with Gasteiger partial charge in [0.25, 0.3) is 0 Å². The third kappa shape index (κ3) is 4.11. The Bertz CT molecular complexity index is 2800. The van der Waals surface area contributed by atoms with E-state index in [0.29, 0.717) is 0 Å². The summed E-state index contributed by atoms with van der Waals surface area (Å²) < 4.78 is 0. The molecule has 0 heteroatoms. The number of rotatable bonds is 3. The summed E-state index contributed by atoms with van der Waals surface area (Å²) in [5.74, 6) is 0. The van der Waals surface area contributed by atoms with E-state index in [-0.39, 0.29) is 5.41 Å². The molecule has 0 aliphatic heterocycles. The van der Waals surface area contributed by atoms with Crippen molar-refractivity contribution in [3.63, 3.8) is 0 Å². The zero-order valence-corrected chi connectivity index (χ0v) is 27.7. The lowest BCUT2D eigenvalue weighted by atomic mass is 9.80. The summed E-state index contributed by atoms with van der Waals surface area (Å²) in [5, 5.41) is 10.3. The van der Waals surface area contributed by atoms with Crippen molar-refractivity contribution in [2.45, 2.75) is 19.3 Å². The molecule has 0 spiro atoms. The molecule has 0 atom stereocenters. The lowest BCUT2D eigenvalue weighted by molar-refractivity contribution is 0.661. The normalized spacial score (nSPS) is 13.3. The summed E-state index contributed by atoms with van der Waals surface area (Å²) in [4.78, 5) is 0. The molecule has 49 heavy (non-hydrogen) atoms. The molecule has 0 saturated carbocycles. The average Bonchev–Trinajstić information content (AvgIpc) is 3.39. The standard InChI is InChI=1S/C49H34/c1-49(2)45-28-25-32-14-4-7-18-37(32)48(45)43-27-24-34(30-46(43)49)36-17-9-10-20-39(36)40-21-11-12-22-41(40)47-38-19-8-5-15-33(38)29-44-35-16-6-3-13-31(35)23-26-42(44)47/h3-30H,1-2H3. The van der Waals surface area contributed by atoms with E-state index in [2.05, 4.69) is 184 Å². The van der Waals surface area contributed by atoms with Crippen molar-refractivity contribution in [2.75, 3.05) is 0 Å². The topological polar surface area (TPSA) is 0 Å². The highest BCUT2D eigenvalue weighted by Gasteiger charge is 2.36. The molecular weight excluding hydrogens is 589 g/mol. The molecule has 9 aromatic rings. The molecule has 0 saturated heterocycles. The van der Waals surface area contributed by atoms with Gasteiger partial charge in [0.15, 0.2) is 0 Å². The van der Waals surface area contributed by atoms with Crippen molar-refractivity contribution in [1.82, 2.24) is 0 Å². The SMILES string of the molecule is CC1(C)c2cc(-c3ccccc3-c3ccccc3-c3c4ccccc4cc4c3ccc3ccccc34)ccc2-c2c1ccc1ccccc21. The Morgan fingerprint density at radius 1 is 0.306 bits per heavy atom. The molecule has 230 valence electrons. The van der Waals surface area contributed by atoms with E-state index in [1.807, 2.05) is 0 Å². The third-order valence-electron chi connectivity index (χ3n) is 11.1. The first-order valence-electron chi connectivity index (χ1n) is 17.3. The van der Waals surface area contributed by atoms with Crippen LogP contribution < -0.4 is 0 Å². The predicted molar refractivity (Wildman–Crippen MR) is 210 cm³/mol. The van der Waals surface area contributed by atoms with E-state index < -0.39 is 0 Å². The van der Waals surface area contributed by atoms with Gasteiger partial charge in [0.05, 0.1) is 0 Å². The van der Waals surface area contributed by atoms with Crippen LogP contribution in [0.15, 0.2) is 170 Å². The molecule has 0 N–H and O–H groups in total. The molecule has 0 aromatic heterocycles. The molecule has 0 fully saturated rings. The van der Waals surface area contributed by atoms with E-state index in [1.165, 1.54) is 98.7 Å². The maximum absolute atomic E-state index is 2.46. The van der Waals surface area contributed by atoms with Crippen LogP contribution in [0, 0.1) is 0 Å². The largest absolute Gasteiger partial charge is 0.0616 e. The zero-order valence-electron chi connectivity index (χ0n) is 27.7. The summed E-state index contributed by atoms with van der Waals surface area (Å²) in [6.45, 7) is 4.76. The van der Waals surface area contributed by atoms with Crippen molar-refractivity contribution in [1.29, 1.82) is 0 Å². The summed E-state index contributed by atoms with van der Waals surface area (Å²) in [6, 6.07) is 63.2. The fourth-order valence-corrected chi connectivity index (χ4v) is 8.69. The molecule has 0 nitrogen and oxygen atoms in total. The maximum atomic E-state index is 2.46. The van der Waals surface area contributed by atoms with Gasteiger partial charge in [0, 0.05) is 5.41 Å². The molecule has 0 radical (unpaired) electrons. The predicted octanol–water partition coefficient (Wildman–Crippen LogP) is 13.6. The first-order valence-corrected chi connectivity index (χ1v) is 17.3. The molecule has 0 heterocycles. The van der Waals surface area contributed by atoms with E-state index in [1.54, 1.807) is 0 Å². The van der Waals surface area contributed by atoms with Gasteiger partial charge < -0.3 is 0 Å². The van der Waals surface area contributed by atoms with Crippen LogP contribution in [0.1, 0.15) is 25.0 Å². The fourth-order valence-electron chi connectivity index (χ4n) is 8.69. The second kappa shape index (κ2) is 10.5. The van der Waals surface area contributed by atoms with Crippen LogP contribution >= 0.6 is 0 Å². The zero-order chi connectivity index (χ0) is 32.7. The minimum Gasteiger partial charge on any atom is -0.0616 e. The van der Waals surface area contributed by atoms with Crippen LogP contribution in [-0.2, 0) is 5.41 Å². The van der Waals surface area contributed by atoms with E-state index in [0.717, 1.165) is 0 Å². The molecule has 0 unspecified atom stereocenters. The maximum Gasteiger partial charge on any atom is 0.0159 e. The van der Waals surface area contributed by atoms with Gasteiger partial charge in [-0.1, -0.05) is 172 Å². The summed E-state index contributed by atoms with van der Waals surface area (Å²) >= 11 is 0. The highest BCUT2D eigenvalue weighted by molar-refractivity contribution is 6.21. The highest BCUT2D eigenvalue weighted by atomic mass is 14.4. The Morgan fingerprint density at radius 2 is 0.857 bits per heavy atom. The molecule has 0 bridgehead atoms. The van der Waals surface area contributed by atoms with Gasteiger partial charge in [0.1, 0.15) is 0 Å². The number of hydrogen-bond acceptors (Lipinski definition) is 0. The summed E-state index contributed by atoms with van der Waals surface area (Å²) in [5.41, 5.74) is 13.0. The van der Waals surface area contributed by atoms with Gasteiger partial charge >= 0.3 is 0 Å². The van der Waals surface area contributed by atoms with Gasteiger partial charge in [0.2, 0.25) is 0 Å². The molecule has 0 amide bonds. The Hall–Kier alpha value is -5.98. The van der Waals surface area contributed by atoms with Gasteiger partial charge in [-0.3, -0.25) is 0 Å². The Kier molecular flexibility index (Phi) is 6.02. The second-order valence-electron chi connectivity index (χ2n) is 14.0. The Morgan fingerprint density at radius 3 is 1.61 bits per heavy atom. The van der Waals surface area contributed by atoms with Crippen molar-refractivity contribution in [3.8, 4) is 44.5 Å². The molecule has 1 aliphatic rings. The number of benzene rings is 9. The fraction of sp³-hybridized carbons (Fsp3) is 0.0612. The van der Waals surface area contributed by atoms with Gasteiger partial charge in [-0.25, -0.2) is 0 Å². The summed E-state index contributed by atoms with van der Waals surface area (Å²) in [6.07, 6.45) is 0. The van der Waals surface area contributed by atoms with E-state index in [4.69, 9.17) is 0 Å². The van der Waals surface area contributed by atoms with Crippen LogP contribution in [0.4, 0.5) is 0 Å². The molecule has 1 aliphatic carbocycles. The van der Waals surface area contributed by atoms with Gasteiger partial charge in [-0.05, 0) is 111 Å². The van der Waals surface area contributed by atoms with Crippen LogP contribution in [0.2, 0.25) is 0 Å². The quantitative estimate of drug-likeness (QED) is 0.136. The lowest BCUT2D eigenvalue weighted by Crippen LogP contribution is -2.15. The minimum absolute atomic E-state index is 0.0950. The van der Waals surface area contributed by atoms with Crippen molar-refractivity contribution in [2.24, 2.45) is 0 Å². The first-order chi connectivity index (χ1) is 24.1. The number of fused-ring (bicyclic) bond motifs is 9. The lowest BCUT2D eigenvalue weighted by Gasteiger charge is -2.23. The second-order valence-corrected chi connectivity index (χ2v) is 14.0. The van der Waals surface area contributed by atoms with Crippen molar-refractivity contribution >= 4 is 43.1 Å². The van der Waals surface area contributed by atoms with E-state index in [9.17, 15) is 0 Å². The molecule has 10 rings (SSSR count). The van der Waals surface area contributed by atoms with Crippen molar-refractivity contribution in [3.05, 3.63) is 181 Å². The highest BCUT2D eigenvalue weighted by Crippen LogP contribution is 2.53. The molecular formula is C49H34. The van der Waals surface area contributed by atoms with Gasteiger partial charge in [-0.2, -0.15) is 0 Å². The Balaban J connectivity index is 1.20. The number of hydrogen-bond donors (Lipinski definition) is 0. The van der Waals surface area contributed by atoms with E-state index >= 15 is 0 Å². The van der Waals surface area contributed by atoms with Crippen LogP contribution in [0.5, 0.6) is 0 Å². The summed E-state index contributed by atoms with van der Waals surface area (Å²) in [7, 11) is 0. The van der Waals surface area contributed by atoms with Crippen molar-refractivity contribution < 1.29 is 0 Å². The van der Waals surface area contributed by atoms with Crippen LogP contribution in [-0.4, -0.2) is 0 Å². The van der Waals surface area contributed by atoms with Crippen LogP contribution in [0.25, 0.3) is 87.6 Å². The Labute approximate surface area is 286 Å². The monoisotopic (exact) mass is 622 g/mol. The minimum atomic E-state index is -0.0950. The first kappa shape index (κ1) is 28.1. The average molecular weight is 623 g/mol. The van der Waals surface area contributed by atoms with Gasteiger partial charge in [-0.15, -0.1) is 0 Å². The molecule has 9 aromatic carbocycles. The third-order valence-corrected chi connectivity index (χ3v) is 11.1.